The van der Waals surface area contributed by atoms with Crippen molar-refractivity contribution in [2.75, 3.05) is 7.05 Å². The fourth-order valence-corrected chi connectivity index (χ4v) is 0.610. The highest BCUT2D eigenvalue weighted by Crippen LogP contribution is 1.93. The van der Waals surface area contributed by atoms with E-state index >= 15 is 0 Å². The second-order valence-electron chi connectivity index (χ2n) is 2.73. The highest BCUT2D eigenvalue weighted by atomic mass is 14.6. The molecule has 11 heavy (non-hydrogen) atoms. The summed E-state index contributed by atoms with van der Waals surface area (Å²) in [6.07, 6.45) is 11.2. The quantitative estimate of drug-likeness (QED) is 0.433. The minimum Gasteiger partial charge on any atom is -0.301 e. The third-order valence-electron chi connectivity index (χ3n) is 1.17. The zero-order valence-corrected chi connectivity index (χ0v) is 7.62. The summed E-state index contributed by atoms with van der Waals surface area (Å²) >= 11 is 0. The number of allylic oxidation sites excluding steroid dienone is 4. The molecule has 0 N–H and O–H groups in total. The predicted octanol–water partition coefficient (Wildman–Crippen LogP) is 2.85. The van der Waals surface area contributed by atoms with Gasteiger partial charge in [0.05, 0.1) is 0 Å². The van der Waals surface area contributed by atoms with Crippen molar-refractivity contribution in [3.8, 4) is 0 Å². The molecule has 1 heteroatoms. The Morgan fingerprint density at radius 1 is 1.27 bits per heavy atom. The first kappa shape index (κ1) is 10.2. The van der Waals surface area contributed by atoms with Gasteiger partial charge < -0.3 is 4.99 Å². The van der Waals surface area contributed by atoms with E-state index in [4.69, 9.17) is 0 Å². The first-order chi connectivity index (χ1) is 5.27. The summed E-state index contributed by atoms with van der Waals surface area (Å²) in [6, 6.07) is 0. The maximum Gasteiger partial charge on any atom is 0.0273 e. The zero-order chi connectivity index (χ0) is 8.53. The van der Waals surface area contributed by atoms with Crippen molar-refractivity contribution in [3.05, 3.63) is 24.3 Å². The van der Waals surface area contributed by atoms with E-state index < -0.39 is 0 Å². The second-order valence-corrected chi connectivity index (χ2v) is 2.73. The van der Waals surface area contributed by atoms with Gasteiger partial charge in [-0.25, -0.2) is 0 Å². The minimum atomic E-state index is 0.638. The number of rotatable bonds is 4. The van der Waals surface area contributed by atoms with Crippen LogP contribution in [0.3, 0.4) is 0 Å². The summed E-state index contributed by atoms with van der Waals surface area (Å²) in [5, 5.41) is 0. The Hall–Kier alpha value is -0.850. The predicted molar refractivity (Wildman–Crippen MR) is 52.2 cm³/mol. The highest BCUT2D eigenvalue weighted by molar-refractivity contribution is 5.59. The number of hydrogen-bond acceptors (Lipinski definition) is 1. The van der Waals surface area contributed by atoms with Crippen molar-refractivity contribution in [1.82, 2.24) is 0 Å². The molecule has 0 bridgehead atoms. The molecule has 0 aliphatic carbocycles. The van der Waals surface area contributed by atoms with Crippen LogP contribution in [0, 0.1) is 5.92 Å². The van der Waals surface area contributed by atoms with Crippen molar-refractivity contribution >= 4 is 6.21 Å². The monoisotopic (exact) mass is 151 g/mol. The number of hydrogen-bond donors (Lipinski definition) is 0. The SMILES string of the molecule is CN=CC/C=C\C=C/C(C)C. The van der Waals surface area contributed by atoms with Crippen LogP contribution < -0.4 is 0 Å². The molecule has 0 rings (SSSR count). The molecular formula is C10H17N. The third kappa shape index (κ3) is 9.15. The molecule has 0 saturated carbocycles. The fourth-order valence-electron chi connectivity index (χ4n) is 0.610. The van der Waals surface area contributed by atoms with Crippen LogP contribution >= 0.6 is 0 Å². The minimum absolute atomic E-state index is 0.638. The molecule has 0 saturated heterocycles. The molecule has 1 nitrogen and oxygen atoms in total. The summed E-state index contributed by atoms with van der Waals surface area (Å²) in [7, 11) is 1.79. The topological polar surface area (TPSA) is 12.4 Å². The van der Waals surface area contributed by atoms with Gasteiger partial charge in [0.25, 0.3) is 0 Å². The molecule has 0 amide bonds. The van der Waals surface area contributed by atoms with Crippen molar-refractivity contribution in [3.63, 3.8) is 0 Å². The molecule has 0 radical (unpaired) electrons. The fraction of sp³-hybridized carbons (Fsp3) is 0.500. The van der Waals surface area contributed by atoms with Gasteiger partial charge in [0, 0.05) is 19.7 Å². The van der Waals surface area contributed by atoms with Crippen LogP contribution in [-0.2, 0) is 0 Å². The second kappa shape index (κ2) is 7.26. The molecule has 0 heterocycles. The Bertz CT molecular complexity index is 152. The van der Waals surface area contributed by atoms with Crippen LogP contribution in [-0.4, -0.2) is 13.3 Å². The first-order valence-corrected chi connectivity index (χ1v) is 4.01. The van der Waals surface area contributed by atoms with Gasteiger partial charge in [-0.05, 0) is 5.92 Å². The average molecular weight is 151 g/mol. The Kier molecular flexibility index (Phi) is 6.70. The van der Waals surface area contributed by atoms with E-state index in [0.29, 0.717) is 5.92 Å². The standard InChI is InChI=1S/C10H17N/c1-10(2)8-6-4-5-7-9-11-3/h4-6,8-10H,7H2,1-3H3/b5-4-,8-6-,11-9?. The van der Waals surface area contributed by atoms with Crippen LogP contribution in [0.15, 0.2) is 29.3 Å². The van der Waals surface area contributed by atoms with Crippen LogP contribution in [0.5, 0.6) is 0 Å². The maximum atomic E-state index is 3.87. The van der Waals surface area contributed by atoms with E-state index in [9.17, 15) is 0 Å². The van der Waals surface area contributed by atoms with E-state index in [-0.39, 0.29) is 0 Å². The third-order valence-corrected chi connectivity index (χ3v) is 1.17. The van der Waals surface area contributed by atoms with Gasteiger partial charge in [-0.3, -0.25) is 0 Å². The lowest BCUT2D eigenvalue weighted by molar-refractivity contribution is 0.832. The number of nitrogens with zero attached hydrogens (tertiary/aromatic N) is 1. The van der Waals surface area contributed by atoms with E-state index in [1.807, 2.05) is 6.21 Å². The molecule has 0 spiro atoms. The highest BCUT2D eigenvalue weighted by Gasteiger charge is 1.78. The molecule has 0 unspecified atom stereocenters. The molecule has 62 valence electrons. The molecule has 0 aromatic carbocycles. The van der Waals surface area contributed by atoms with Crippen LogP contribution in [0.1, 0.15) is 20.3 Å². The Morgan fingerprint density at radius 2 is 2.00 bits per heavy atom. The van der Waals surface area contributed by atoms with E-state index in [1.165, 1.54) is 0 Å². The lowest BCUT2D eigenvalue weighted by Gasteiger charge is -1.88. The van der Waals surface area contributed by atoms with Crippen LogP contribution in [0.4, 0.5) is 0 Å². The van der Waals surface area contributed by atoms with Gasteiger partial charge in [0.2, 0.25) is 0 Å². The van der Waals surface area contributed by atoms with Crippen LogP contribution in [0.2, 0.25) is 0 Å². The molecule has 0 atom stereocenters. The molecule has 0 aliphatic heterocycles. The average Bonchev–Trinajstić information content (AvgIpc) is 1.96. The van der Waals surface area contributed by atoms with Gasteiger partial charge in [-0.1, -0.05) is 38.2 Å². The maximum absolute atomic E-state index is 3.87. The van der Waals surface area contributed by atoms with Gasteiger partial charge in [0.1, 0.15) is 0 Å². The molecule has 0 fully saturated rings. The summed E-state index contributed by atoms with van der Waals surface area (Å²) in [5.41, 5.74) is 0. The van der Waals surface area contributed by atoms with Gasteiger partial charge in [0.15, 0.2) is 0 Å². The van der Waals surface area contributed by atoms with Gasteiger partial charge >= 0.3 is 0 Å². The van der Waals surface area contributed by atoms with E-state index in [1.54, 1.807) is 7.05 Å². The van der Waals surface area contributed by atoms with E-state index in [2.05, 4.69) is 43.1 Å². The van der Waals surface area contributed by atoms with Crippen molar-refractivity contribution in [2.24, 2.45) is 10.9 Å². The molecule has 0 aromatic heterocycles. The molecule has 0 aromatic rings. The van der Waals surface area contributed by atoms with Crippen LogP contribution in [0.25, 0.3) is 0 Å². The first-order valence-electron chi connectivity index (χ1n) is 4.01. The molecular weight excluding hydrogens is 134 g/mol. The lowest BCUT2D eigenvalue weighted by atomic mass is 10.2. The Balaban J connectivity index is 3.44. The Labute approximate surface area is 69.5 Å². The van der Waals surface area contributed by atoms with Gasteiger partial charge in [-0.2, -0.15) is 0 Å². The lowest BCUT2D eigenvalue weighted by Crippen LogP contribution is -1.74. The van der Waals surface area contributed by atoms with Crippen molar-refractivity contribution in [2.45, 2.75) is 20.3 Å². The largest absolute Gasteiger partial charge is 0.301 e. The van der Waals surface area contributed by atoms with Crippen molar-refractivity contribution < 1.29 is 0 Å². The van der Waals surface area contributed by atoms with Crippen molar-refractivity contribution in [1.29, 1.82) is 0 Å². The number of aliphatic imine (C=N–C) groups is 1. The zero-order valence-electron chi connectivity index (χ0n) is 7.62. The summed E-state index contributed by atoms with van der Waals surface area (Å²) in [6.45, 7) is 4.33. The molecule has 0 aliphatic rings. The smallest absolute Gasteiger partial charge is 0.0273 e. The summed E-state index contributed by atoms with van der Waals surface area (Å²) in [4.78, 5) is 3.87. The Morgan fingerprint density at radius 3 is 2.55 bits per heavy atom. The summed E-state index contributed by atoms with van der Waals surface area (Å²) in [5.74, 6) is 0.638. The summed E-state index contributed by atoms with van der Waals surface area (Å²) < 4.78 is 0. The van der Waals surface area contributed by atoms with E-state index in [0.717, 1.165) is 6.42 Å². The van der Waals surface area contributed by atoms with Gasteiger partial charge in [-0.15, -0.1) is 0 Å². The normalized spacial score (nSPS) is 13.1.